The normalized spacial score (nSPS) is 15.0. The van der Waals surface area contributed by atoms with Crippen molar-refractivity contribution in [2.45, 2.75) is 0 Å². The SMILES string of the molecule is [2H]c1c([2H])c([2H])c(-c2c([2H])c([2H])c([2H])c([2H])c2N(c2ccc(-c3ccc4ccccc4c3)cc2)c2ccc(-c3cc([2H])c4c(c3)c([2H])c([2H])c3oc5cccc([2H])c5c34)cc2)c([2H])c1[2H]. The molecule has 1 aromatic heterocycles. The van der Waals surface area contributed by atoms with E-state index in [9.17, 15) is 4.11 Å². The Balaban J connectivity index is 1.18. The highest BCUT2D eigenvalue weighted by atomic mass is 16.3. The Hall–Kier alpha value is -6.90. The molecule has 0 saturated carbocycles. The molecular weight excluding hydrogens is 631 g/mol. The number of hydrogen-bond donors (Lipinski definition) is 0. The molecule has 0 saturated heterocycles. The molecule has 52 heavy (non-hydrogen) atoms. The Labute approximate surface area is 320 Å². The van der Waals surface area contributed by atoms with E-state index < -0.39 is 54.4 Å². The summed E-state index contributed by atoms with van der Waals surface area (Å²) in [5.74, 6) is 0. The first-order valence-corrected chi connectivity index (χ1v) is 16.7. The van der Waals surface area contributed by atoms with Gasteiger partial charge in [0.1, 0.15) is 11.2 Å². The van der Waals surface area contributed by atoms with Crippen molar-refractivity contribution in [1.29, 1.82) is 0 Å². The van der Waals surface area contributed by atoms with Gasteiger partial charge in [-0.2, -0.15) is 0 Å². The Bertz CT molecular complexity index is 3610. The molecule has 0 aliphatic heterocycles. The summed E-state index contributed by atoms with van der Waals surface area (Å²) in [4.78, 5) is 1.58. The van der Waals surface area contributed by atoms with Crippen molar-refractivity contribution in [2.75, 3.05) is 4.90 Å². The number of anilines is 3. The Morgan fingerprint density at radius 3 is 1.85 bits per heavy atom. The van der Waals surface area contributed by atoms with E-state index in [2.05, 4.69) is 6.07 Å². The van der Waals surface area contributed by atoms with Crippen molar-refractivity contribution in [3.8, 4) is 33.4 Å². The lowest BCUT2D eigenvalue weighted by Crippen LogP contribution is -2.11. The van der Waals surface area contributed by atoms with Gasteiger partial charge in [-0.1, -0.05) is 145 Å². The summed E-state index contributed by atoms with van der Waals surface area (Å²) in [6, 6.07) is 31.1. The molecule has 244 valence electrons. The maximum absolute atomic E-state index is 9.36. The molecule has 1 heterocycles. The molecule has 0 unspecified atom stereocenters. The average molecular weight is 677 g/mol. The Kier molecular flexibility index (Phi) is 4.67. The molecule has 2 heteroatoms. The molecule has 0 fully saturated rings. The third kappa shape index (κ3) is 5.21. The molecule has 0 atom stereocenters. The second kappa shape index (κ2) is 12.5. The lowest BCUT2D eigenvalue weighted by atomic mass is 9.97. The minimum absolute atomic E-state index is 0.0581. The van der Waals surface area contributed by atoms with Crippen molar-refractivity contribution >= 4 is 60.5 Å². The molecule has 10 rings (SSSR count). The summed E-state index contributed by atoms with van der Waals surface area (Å²) in [5.41, 5.74) is 3.49. The van der Waals surface area contributed by atoms with Gasteiger partial charge in [0.15, 0.2) is 0 Å². The van der Waals surface area contributed by atoms with Gasteiger partial charge in [0.25, 0.3) is 0 Å². The van der Waals surface area contributed by atoms with Crippen LogP contribution in [-0.2, 0) is 0 Å². The molecule has 2 nitrogen and oxygen atoms in total. The third-order valence-corrected chi connectivity index (χ3v) is 9.32. The van der Waals surface area contributed by atoms with E-state index in [1.807, 2.05) is 48.5 Å². The summed E-state index contributed by atoms with van der Waals surface area (Å²) in [7, 11) is 0. The van der Waals surface area contributed by atoms with E-state index in [4.69, 9.17) is 18.1 Å². The van der Waals surface area contributed by atoms with E-state index in [0.29, 0.717) is 49.6 Å². The first kappa shape index (κ1) is 19.5. The fourth-order valence-electron chi connectivity index (χ4n) is 6.81. The third-order valence-electron chi connectivity index (χ3n) is 9.32. The molecule has 0 N–H and O–H groups in total. The van der Waals surface area contributed by atoms with Crippen molar-refractivity contribution in [3.05, 3.63) is 200 Å². The molecule has 0 spiro atoms. The Morgan fingerprint density at radius 1 is 0.404 bits per heavy atom. The van der Waals surface area contributed by atoms with Crippen LogP contribution in [0.15, 0.2) is 204 Å². The van der Waals surface area contributed by atoms with Crippen LogP contribution < -0.4 is 4.90 Å². The summed E-state index contributed by atoms with van der Waals surface area (Å²) in [6.45, 7) is 0. The summed E-state index contributed by atoms with van der Waals surface area (Å²) < 4.78 is 121. The maximum atomic E-state index is 9.36. The van der Waals surface area contributed by atoms with Gasteiger partial charge >= 0.3 is 0 Å². The predicted molar refractivity (Wildman–Crippen MR) is 220 cm³/mol. The van der Waals surface area contributed by atoms with Crippen LogP contribution in [0.1, 0.15) is 17.8 Å². The monoisotopic (exact) mass is 676 g/mol. The van der Waals surface area contributed by atoms with E-state index in [1.165, 1.54) is 0 Å². The standard InChI is InChI=1S/C50H33NO/c1-2-11-37(12-3-1)44-14-6-8-16-47(44)51(42-26-20-35(21-27-42)39-19-18-34-10-4-5-13-38(34)32-39)43-28-22-36(23-29-43)40-24-30-45-41(33-40)25-31-49-50(45)46-15-7-9-17-48(46)52-49/h1-33H/i1D,2D,3D,6D,8D,11D,12D,14D,15D,16D,25D,30D,31D. The number of hydrogen-bond acceptors (Lipinski definition) is 2. The largest absolute Gasteiger partial charge is 0.456 e. The van der Waals surface area contributed by atoms with Gasteiger partial charge in [0.05, 0.1) is 23.5 Å². The minimum atomic E-state index is -0.658. The zero-order valence-electron chi connectivity index (χ0n) is 40.4. The highest BCUT2D eigenvalue weighted by Gasteiger charge is 2.18. The van der Waals surface area contributed by atoms with Gasteiger partial charge in [-0.15, -0.1) is 0 Å². The fraction of sp³-hybridized carbons (Fsp3) is 0. The second-order valence-electron chi connectivity index (χ2n) is 12.4. The number of para-hydroxylation sites is 2. The highest BCUT2D eigenvalue weighted by molar-refractivity contribution is 6.19. The van der Waals surface area contributed by atoms with Crippen LogP contribution in [0, 0.1) is 0 Å². The average Bonchev–Trinajstić information content (AvgIpc) is 3.72. The number of fused-ring (bicyclic) bond motifs is 6. The number of nitrogens with zero attached hydrogens (tertiary/aromatic N) is 1. The molecule has 0 radical (unpaired) electrons. The van der Waals surface area contributed by atoms with Crippen LogP contribution in [0.2, 0.25) is 0 Å². The van der Waals surface area contributed by atoms with Gasteiger partial charge in [-0.25, -0.2) is 0 Å². The molecule has 9 aromatic carbocycles. The molecule has 0 aliphatic carbocycles. The first-order chi connectivity index (χ1) is 31.2. The van der Waals surface area contributed by atoms with E-state index in [0.717, 1.165) is 21.9 Å². The van der Waals surface area contributed by atoms with Crippen molar-refractivity contribution < 1.29 is 22.2 Å². The van der Waals surface area contributed by atoms with Gasteiger partial charge in [-0.05, 0) is 104 Å². The minimum Gasteiger partial charge on any atom is -0.456 e. The quantitative estimate of drug-likeness (QED) is 0.174. The number of benzene rings is 9. The van der Waals surface area contributed by atoms with Gasteiger partial charge in [-0.3, -0.25) is 0 Å². The topological polar surface area (TPSA) is 16.4 Å². The van der Waals surface area contributed by atoms with Crippen molar-refractivity contribution in [1.82, 2.24) is 0 Å². The van der Waals surface area contributed by atoms with E-state index in [-0.39, 0.29) is 46.6 Å². The summed E-state index contributed by atoms with van der Waals surface area (Å²) in [5, 5.41) is 3.73. The second-order valence-corrected chi connectivity index (χ2v) is 12.4. The van der Waals surface area contributed by atoms with Crippen LogP contribution in [0.4, 0.5) is 17.1 Å². The van der Waals surface area contributed by atoms with Crippen LogP contribution in [0.25, 0.3) is 76.9 Å². The molecule has 0 aliphatic rings. The van der Waals surface area contributed by atoms with Gasteiger partial charge < -0.3 is 9.32 Å². The smallest absolute Gasteiger partial charge is 0.136 e. The van der Waals surface area contributed by atoms with Gasteiger partial charge in [0.2, 0.25) is 0 Å². The van der Waals surface area contributed by atoms with Crippen LogP contribution in [0.5, 0.6) is 0 Å². The van der Waals surface area contributed by atoms with E-state index in [1.54, 1.807) is 71.6 Å². The number of rotatable bonds is 6. The Morgan fingerprint density at radius 2 is 1.06 bits per heavy atom. The lowest BCUT2D eigenvalue weighted by molar-refractivity contribution is 0.669. The molecule has 0 bridgehead atoms. The lowest BCUT2D eigenvalue weighted by Gasteiger charge is -2.28. The molecule has 10 aromatic rings. The zero-order chi connectivity index (χ0) is 45.7. The van der Waals surface area contributed by atoms with Gasteiger partial charge in [0, 0.05) is 27.7 Å². The van der Waals surface area contributed by atoms with Crippen LogP contribution in [0.3, 0.4) is 0 Å². The highest BCUT2D eigenvalue weighted by Crippen LogP contribution is 2.42. The summed E-state index contributed by atoms with van der Waals surface area (Å²) in [6.07, 6.45) is 0. The maximum Gasteiger partial charge on any atom is 0.136 e. The fourth-order valence-corrected chi connectivity index (χ4v) is 6.81. The van der Waals surface area contributed by atoms with E-state index >= 15 is 0 Å². The van der Waals surface area contributed by atoms with Crippen LogP contribution in [-0.4, -0.2) is 0 Å². The summed E-state index contributed by atoms with van der Waals surface area (Å²) >= 11 is 0. The molecular formula is C50H33NO. The predicted octanol–water partition coefficient (Wildman–Crippen LogP) is 14.4. The van der Waals surface area contributed by atoms with Crippen LogP contribution >= 0.6 is 0 Å². The zero-order valence-corrected chi connectivity index (χ0v) is 27.4. The number of furan rings is 1. The molecule has 0 amide bonds. The van der Waals surface area contributed by atoms with Crippen molar-refractivity contribution in [3.63, 3.8) is 0 Å². The van der Waals surface area contributed by atoms with Crippen molar-refractivity contribution in [2.24, 2.45) is 0 Å². The first-order valence-electron chi connectivity index (χ1n) is 23.2.